The minimum Gasteiger partial charge on any atom is -0.497 e. The molecule has 1 aliphatic rings. The predicted octanol–water partition coefficient (Wildman–Crippen LogP) is 2.26. The van der Waals surface area contributed by atoms with E-state index in [1.54, 1.807) is 0 Å². The fourth-order valence-corrected chi connectivity index (χ4v) is 3.66. The number of hydrogen-bond acceptors (Lipinski definition) is 5. The smallest absolute Gasteiger partial charge is 0.455 e. The summed E-state index contributed by atoms with van der Waals surface area (Å²) in [5.41, 5.74) is -0.276. The maximum Gasteiger partial charge on any atom is 0.455 e. The number of nitrogens with one attached hydrogen (secondary N) is 1. The second-order valence-electron chi connectivity index (χ2n) is 4.27. The largest absolute Gasteiger partial charge is 0.497 e. The van der Waals surface area contributed by atoms with Crippen LogP contribution in [-0.4, -0.2) is 27.5 Å². The van der Waals surface area contributed by atoms with E-state index >= 15 is 0 Å². The average molecular weight is 321 g/mol. The number of carbonyl (C=O) groups is 1. The van der Waals surface area contributed by atoms with E-state index in [9.17, 15) is 26.4 Å². The molecule has 0 radical (unpaired) electrons. The van der Waals surface area contributed by atoms with Crippen molar-refractivity contribution in [3.05, 3.63) is 28.8 Å². The first-order chi connectivity index (χ1) is 9.59. The van der Waals surface area contributed by atoms with Crippen LogP contribution in [0.15, 0.2) is 33.7 Å². The number of sulfone groups is 1. The third kappa shape index (κ3) is 2.48. The topological polar surface area (TPSA) is 72.5 Å². The highest BCUT2D eigenvalue weighted by Gasteiger charge is 2.48. The molecule has 1 N–H and O–H groups in total. The Labute approximate surface area is 118 Å². The van der Waals surface area contributed by atoms with Gasteiger partial charge in [0.1, 0.15) is 10.7 Å². The Morgan fingerprint density at radius 2 is 1.90 bits per heavy atom. The van der Waals surface area contributed by atoms with Crippen molar-refractivity contribution in [3.63, 3.8) is 0 Å². The number of allylic oxidation sites excluding steroid dienone is 2. The molecular formula is C12H10F3NO4S. The van der Waals surface area contributed by atoms with E-state index < -0.39 is 31.6 Å². The van der Waals surface area contributed by atoms with E-state index in [0.717, 1.165) is 13.0 Å². The van der Waals surface area contributed by atoms with Gasteiger partial charge in [0, 0.05) is 11.8 Å². The number of halogens is 3. The molecule has 0 aliphatic carbocycles. The van der Waals surface area contributed by atoms with Gasteiger partial charge in [-0.05, 0) is 19.1 Å². The van der Waals surface area contributed by atoms with E-state index in [0.29, 0.717) is 0 Å². The van der Waals surface area contributed by atoms with Crippen molar-refractivity contribution in [2.24, 2.45) is 0 Å². The Bertz CT molecular complexity index is 750. The number of benzene rings is 1. The highest BCUT2D eigenvalue weighted by atomic mass is 32.2. The summed E-state index contributed by atoms with van der Waals surface area (Å²) in [6.07, 6.45) is -5.28. The summed E-state index contributed by atoms with van der Waals surface area (Å²) in [6.45, 7) is 1.10. The number of methoxy groups -OCH3 is 1. The van der Waals surface area contributed by atoms with Crippen LogP contribution in [0.2, 0.25) is 0 Å². The van der Waals surface area contributed by atoms with Crippen LogP contribution in [-0.2, 0) is 14.6 Å². The van der Waals surface area contributed by atoms with Gasteiger partial charge in [-0.2, -0.15) is 13.2 Å². The number of ketones is 1. The molecule has 21 heavy (non-hydrogen) atoms. The van der Waals surface area contributed by atoms with Crippen LogP contribution in [0.4, 0.5) is 18.9 Å². The highest BCUT2D eigenvalue weighted by Crippen LogP contribution is 2.39. The van der Waals surface area contributed by atoms with E-state index in [1.807, 2.05) is 0 Å². The van der Waals surface area contributed by atoms with Crippen LogP contribution in [0.3, 0.4) is 0 Å². The monoisotopic (exact) mass is 321 g/mol. The summed E-state index contributed by atoms with van der Waals surface area (Å²) in [5, 5.41) is 2.49. The van der Waals surface area contributed by atoms with Crippen molar-refractivity contribution in [1.82, 2.24) is 0 Å². The lowest BCUT2D eigenvalue weighted by molar-refractivity contribution is -0.165. The molecule has 0 spiro atoms. The first-order valence-corrected chi connectivity index (χ1v) is 7.10. The second kappa shape index (κ2) is 4.76. The molecule has 0 saturated heterocycles. The minimum atomic E-state index is -5.28. The molecule has 1 aromatic rings. The molecule has 114 valence electrons. The zero-order chi connectivity index (χ0) is 16.0. The molecular weight excluding hydrogens is 311 g/mol. The number of carbonyl (C=O) groups excluding carboxylic acids is 1. The molecule has 0 aromatic heterocycles. The first-order valence-electron chi connectivity index (χ1n) is 5.61. The first kappa shape index (κ1) is 15.4. The number of anilines is 1. The van der Waals surface area contributed by atoms with Gasteiger partial charge in [-0.25, -0.2) is 8.42 Å². The third-order valence-corrected chi connectivity index (χ3v) is 4.82. The number of ether oxygens (including phenoxy) is 1. The quantitative estimate of drug-likeness (QED) is 0.904. The van der Waals surface area contributed by atoms with Crippen molar-refractivity contribution in [1.29, 1.82) is 0 Å². The lowest BCUT2D eigenvalue weighted by atomic mass is 10.2. The lowest BCUT2D eigenvalue weighted by Gasteiger charge is -2.23. The Balaban J connectivity index is 2.68. The summed E-state index contributed by atoms with van der Waals surface area (Å²) in [4.78, 5) is 9.65. The standard InChI is InChI=1S/C12H10F3NO4S/c1-6-10(11(17)12(13,14)15)21(18,19)9-5-7(20-2)3-4-8(9)16-6/h3-5,16H,1-2H3. The molecule has 0 saturated carbocycles. The molecule has 9 heteroatoms. The van der Waals surface area contributed by atoms with Gasteiger partial charge in [0.05, 0.1) is 17.7 Å². The summed E-state index contributed by atoms with van der Waals surface area (Å²) in [6, 6.07) is 3.86. The van der Waals surface area contributed by atoms with E-state index in [2.05, 4.69) is 5.32 Å². The van der Waals surface area contributed by atoms with E-state index in [-0.39, 0.29) is 17.1 Å². The van der Waals surface area contributed by atoms with Crippen molar-refractivity contribution in [2.45, 2.75) is 18.0 Å². The zero-order valence-corrected chi connectivity index (χ0v) is 11.7. The molecule has 5 nitrogen and oxygen atoms in total. The normalized spacial score (nSPS) is 17.0. The molecule has 0 atom stereocenters. The molecule has 0 amide bonds. The molecule has 1 aromatic carbocycles. The van der Waals surface area contributed by atoms with Gasteiger partial charge < -0.3 is 10.1 Å². The Morgan fingerprint density at radius 3 is 2.43 bits per heavy atom. The third-order valence-electron chi connectivity index (χ3n) is 2.87. The van der Waals surface area contributed by atoms with Gasteiger partial charge >= 0.3 is 6.18 Å². The fraction of sp³-hybridized carbons (Fsp3) is 0.250. The molecule has 0 fully saturated rings. The van der Waals surface area contributed by atoms with Crippen molar-refractivity contribution >= 4 is 21.3 Å². The lowest BCUT2D eigenvalue weighted by Crippen LogP contribution is -2.32. The molecule has 1 aliphatic heterocycles. The van der Waals surface area contributed by atoms with Gasteiger partial charge in [-0.3, -0.25) is 4.79 Å². The van der Waals surface area contributed by atoms with Gasteiger partial charge in [-0.1, -0.05) is 0 Å². The summed E-state index contributed by atoms with van der Waals surface area (Å²) >= 11 is 0. The van der Waals surface area contributed by atoms with Gasteiger partial charge in [0.25, 0.3) is 5.78 Å². The van der Waals surface area contributed by atoms with Crippen molar-refractivity contribution in [2.75, 3.05) is 12.4 Å². The van der Waals surface area contributed by atoms with Crippen LogP contribution in [0.5, 0.6) is 5.75 Å². The molecule has 2 rings (SSSR count). The van der Waals surface area contributed by atoms with Crippen LogP contribution < -0.4 is 10.1 Å². The summed E-state index contributed by atoms with van der Waals surface area (Å²) < 4.78 is 67.2. The zero-order valence-electron chi connectivity index (χ0n) is 10.9. The minimum absolute atomic E-state index is 0.0898. The average Bonchev–Trinajstić information content (AvgIpc) is 2.36. The highest BCUT2D eigenvalue weighted by molar-refractivity contribution is 7.96. The Kier molecular flexibility index (Phi) is 3.48. The SMILES string of the molecule is COc1ccc2c(c1)S(=O)(=O)C(C(=O)C(F)(F)F)=C(C)N2. The number of Topliss-reactive ketones (excluding diaryl/α,β-unsaturated/α-hetero) is 1. The van der Waals surface area contributed by atoms with Crippen molar-refractivity contribution in [3.8, 4) is 5.75 Å². The summed E-state index contributed by atoms with van der Waals surface area (Å²) in [5.74, 6) is -2.25. The predicted molar refractivity (Wildman–Crippen MR) is 67.6 cm³/mol. The van der Waals surface area contributed by atoms with Crippen LogP contribution in [0.1, 0.15) is 6.92 Å². The molecule has 0 unspecified atom stereocenters. The van der Waals surface area contributed by atoms with Crippen molar-refractivity contribution < 1.29 is 31.1 Å². The number of alkyl halides is 3. The number of fused-ring (bicyclic) bond motifs is 1. The van der Waals surface area contributed by atoms with Gasteiger partial charge in [0.15, 0.2) is 0 Å². The van der Waals surface area contributed by atoms with Crippen LogP contribution >= 0.6 is 0 Å². The van der Waals surface area contributed by atoms with Gasteiger partial charge in [-0.15, -0.1) is 0 Å². The maximum atomic E-state index is 12.6. The maximum absolute atomic E-state index is 12.6. The number of hydrogen-bond donors (Lipinski definition) is 1. The molecule has 0 bridgehead atoms. The Hall–Kier alpha value is -2.03. The van der Waals surface area contributed by atoms with E-state index in [1.165, 1.54) is 19.2 Å². The van der Waals surface area contributed by atoms with Crippen LogP contribution in [0.25, 0.3) is 0 Å². The second-order valence-corrected chi connectivity index (χ2v) is 6.13. The summed E-state index contributed by atoms with van der Waals surface area (Å²) in [7, 11) is -3.29. The Morgan fingerprint density at radius 1 is 1.29 bits per heavy atom. The van der Waals surface area contributed by atoms with Crippen LogP contribution in [0, 0.1) is 0 Å². The van der Waals surface area contributed by atoms with E-state index in [4.69, 9.17) is 4.74 Å². The molecule has 1 heterocycles. The fourth-order valence-electron chi connectivity index (χ4n) is 1.95. The number of rotatable bonds is 2. The van der Waals surface area contributed by atoms with Gasteiger partial charge in [0.2, 0.25) is 9.84 Å².